The maximum Gasteiger partial charge on any atom is 0.234 e. The molecule has 0 aromatic heterocycles. The van der Waals surface area contributed by atoms with Crippen molar-refractivity contribution >= 4 is 11.6 Å². The molecule has 0 aliphatic carbocycles. The molecule has 0 saturated heterocycles. The Morgan fingerprint density at radius 1 is 1.41 bits per heavy atom. The molecule has 0 bridgehead atoms. The molecule has 0 radical (unpaired) electrons. The summed E-state index contributed by atoms with van der Waals surface area (Å²) in [6.07, 6.45) is 1.94. The van der Waals surface area contributed by atoms with Crippen LogP contribution in [0.5, 0.6) is 0 Å². The summed E-state index contributed by atoms with van der Waals surface area (Å²) in [6, 6.07) is 6.42. The molecule has 1 atom stereocenters. The molecule has 0 saturated carbocycles. The molecule has 1 aromatic rings. The van der Waals surface area contributed by atoms with Gasteiger partial charge in [-0.25, -0.2) is 0 Å². The SMILES string of the molecule is CC(N)CCc1ccc2c(c1)C(C)(C)C(=O)N2. The van der Waals surface area contributed by atoms with E-state index in [-0.39, 0.29) is 11.9 Å². The molecule has 3 N–H and O–H groups in total. The normalized spacial score (nSPS) is 18.7. The Bertz CT molecular complexity index is 450. The molecule has 1 aliphatic heterocycles. The Labute approximate surface area is 102 Å². The lowest BCUT2D eigenvalue weighted by atomic mass is 9.85. The van der Waals surface area contributed by atoms with E-state index >= 15 is 0 Å². The molecule has 1 unspecified atom stereocenters. The summed E-state index contributed by atoms with van der Waals surface area (Å²) >= 11 is 0. The number of rotatable bonds is 3. The van der Waals surface area contributed by atoms with Crippen molar-refractivity contribution in [2.75, 3.05) is 5.32 Å². The molecule has 0 fully saturated rings. The fourth-order valence-electron chi connectivity index (χ4n) is 2.17. The zero-order chi connectivity index (χ0) is 12.6. The molecule has 2 rings (SSSR count). The zero-order valence-corrected chi connectivity index (χ0v) is 10.7. The summed E-state index contributed by atoms with van der Waals surface area (Å²) in [7, 11) is 0. The number of hydrogen-bond acceptors (Lipinski definition) is 2. The molecular formula is C14H20N2O. The molecule has 0 spiro atoms. The second-order valence-corrected chi connectivity index (χ2v) is 5.48. The van der Waals surface area contributed by atoms with Gasteiger partial charge in [-0.3, -0.25) is 4.79 Å². The molecule has 1 amide bonds. The first-order chi connectivity index (χ1) is 7.91. The Morgan fingerprint density at radius 2 is 2.12 bits per heavy atom. The van der Waals surface area contributed by atoms with Gasteiger partial charge >= 0.3 is 0 Å². The topological polar surface area (TPSA) is 55.1 Å². The van der Waals surface area contributed by atoms with Gasteiger partial charge in [-0.2, -0.15) is 0 Å². The lowest BCUT2D eigenvalue weighted by Gasteiger charge is -2.16. The summed E-state index contributed by atoms with van der Waals surface area (Å²) < 4.78 is 0. The molecule has 92 valence electrons. The average molecular weight is 232 g/mol. The number of nitrogens with one attached hydrogen (secondary N) is 1. The van der Waals surface area contributed by atoms with Crippen molar-refractivity contribution in [3.05, 3.63) is 29.3 Å². The third kappa shape index (κ3) is 2.20. The summed E-state index contributed by atoms with van der Waals surface area (Å²) in [4.78, 5) is 11.8. The van der Waals surface area contributed by atoms with E-state index in [4.69, 9.17) is 5.73 Å². The van der Waals surface area contributed by atoms with E-state index in [1.807, 2.05) is 26.8 Å². The zero-order valence-electron chi connectivity index (χ0n) is 10.7. The third-order valence-electron chi connectivity index (χ3n) is 3.46. The monoisotopic (exact) mass is 232 g/mol. The average Bonchev–Trinajstić information content (AvgIpc) is 2.48. The van der Waals surface area contributed by atoms with Crippen LogP contribution in [-0.2, 0) is 16.6 Å². The van der Waals surface area contributed by atoms with Crippen LogP contribution >= 0.6 is 0 Å². The number of nitrogens with two attached hydrogens (primary N) is 1. The van der Waals surface area contributed by atoms with E-state index in [2.05, 4.69) is 17.4 Å². The first-order valence-electron chi connectivity index (χ1n) is 6.11. The van der Waals surface area contributed by atoms with Gasteiger partial charge in [0.05, 0.1) is 5.41 Å². The molecule has 1 aromatic carbocycles. The van der Waals surface area contributed by atoms with Crippen molar-refractivity contribution in [2.24, 2.45) is 5.73 Å². The minimum absolute atomic E-state index is 0.0804. The van der Waals surface area contributed by atoms with E-state index in [1.54, 1.807) is 0 Å². The minimum atomic E-state index is -0.417. The number of aryl methyl sites for hydroxylation is 1. The van der Waals surface area contributed by atoms with Gasteiger partial charge in [-0.15, -0.1) is 0 Å². The van der Waals surface area contributed by atoms with Gasteiger partial charge in [-0.1, -0.05) is 12.1 Å². The molecule has 3 nitrogen and oxygen atoms in total. The first-order valence-corrected chi connectivity index (χ1v) is 6.11. The highest BCUT2D eigenvalue weighted by Gasteiger charge is 2.38. The summed E-state index contributed by atoms with van der Waals surface area (Å²) in [6.45, 7) is 5.94. The van der Waals surface area contributed by atoms with Crippen LogP contribution in [0.4, 0.5) is 5.69 Å². The smallest absolute Gasteiger partial charge is 0.234 e. The number of carbonyl (C=O) groups is 1. The van der Waals surface area contributed by atoms with E-state index in [0.29, 0.717) is 0 Å². The number of benzene rings is 1. The van der Waals surface area contributed by atoms with Gasteiger partial charge in [0.15, 0.2) is 0 Å². The van der Waals surface area contributed by atoms with Crippen LogP contribution in [0.2, 0.25) is 0 Å². The van der Waals surface area contributed by atoms with Crippen LogP contribution in [0, 0.1) is 0 Å². The molecular weight excluding hydrogens is 212 g/mol. The van der Waals surface area contributed by atoms with E-state index in [9.17, 15) is 4.79 Å². The molecule has 3 heteroatoms. The predicted octanol–water partition coefficient (Wildman–Crippen LogP) is 2.20. The van der Waals surface area contributed by atoms with Crippen LogP contribution in [-0.4, -0.2) is 11.9 Å². The standard InChI is InChI=1S/C14H20N2O/c1-9(15)4-5-10-6-7-12-11(8-10)14(2,3)13(17)16-12/h6-9H,4-5,15H2,1-3H3,(H,16,17). The molecule has 1 aliphatic rings. The van der Waals surface area contributed by atoms with Crippen LogP contribution in [0.25, 0.3) is 0 Å². The van der Waals surface area contributed by atoms with Crippen molar-refractivity contribution in [1.82, 2.24) is 0 Å². The predicted molar refractivity (Wildman–Crippen MR) is 70.1 cm³/mol. The van der Waals surface area contributed by atoms with Crippen LogP contribution < -0.4 is 11.1 Å². The van der Waals surface area contributed by atoms with E-state index in [1.165, 1.54) is 5.56 Å². The highest BCUT2D eigenvalue weighted by atomic mass is 16.2. The van der Waals surface area contributed by atoms with E-state index in [0.717, 1.165) is 24.1 Å². The first kappa shape index (κ1) is 12.1. The molecule has 1 heterocycles. The van der Waals surface area contributed by atoms with Crippen molar-refractivity contribution < 1.29 is 4.79 Å². The number of hydrogen-bond donors (Lipinski definition) is 2. The van der Waals surface area contributed by atoms with Crippen LogP contribution in [0.15, 0.2) is 18.2 Å². The van der Waals surface area contributed by atoms with Gasteiger partial charge in [0.2, 0.25) is 5.91 Å². The van der Waals surface area contributed by atoms with Gasteiger partial charge in [0.25, 0.3) is 0 Å². The number of fused-ring (bicyclic) bond motifs is 1. The van der Waals surface area contributed by atoms with Gasteiger partial charge < -0.3 is 11.1 Å². The quantitative estimate of drug-likeness (QED) is 0.839. The third-order valence-corrected chi connectivity index (χ3v) is 3.46. The summed E-state index contributed by atoms with van der Waals surface area (Å²) in [5.74, 6) is 0.0804. The van der Waals surface area contributed by atoms with Crippen LogP contribution in [0.3, 0.4) is 0 Å². The molecule has 17 heavy (non-hydrogen) atoms. The highest BCUT2D eigenvalue weighted by molar-refractivity contribution is 6.05. The van der Waals surface area contributed by atoms with Crippen molar-refractivity contribution in [2.45, 2.75) is 45.1 Å². The maximum atomic E-state index is 11.8. The Balaban J connectivity index is 2.26. The summed E-state index contributed by atoms with van der Waals surface area (Å²) in [5.41, 5.74) is 8.65. The Morgan fingerprint density at radius 3 is 2.76 bits per heavy atom. The Hall–Kier alpha value is -1.35. The van der Waals surface area contributed by atoms with Gasteiger partial charge in [0.1, 0.15) is 0 Å². The minimum Gasteiger partial charge on any atom is -0.328 e. The number of amides is 1. The van der Waals surface area contributed by atoms with E-state index < -0.39 is 5.41 Å². The lowest BCUT2D eigenvalue weighted by molar-refractivity contribution is -0.119. The fourth-order valence-corrected chi connectivity index (χ4v) is 2.17. The van der Waals surface area contributed by atoms with Crippen molar-refractivity contribution in [1.29, 1.82) is 0 Å². The number of carbonyl (C=O) groups excluding carboxylic acids is 1. The van der Waals surface area contributed by atoms with Gasteiger partial charge in [-0.05, 0) is 50.8 Å². The fraction of sp³-hybridized carbons (Fsp3) is 0.500. The maximum absolute atomic E-state index is 11.8. The van der Waals surface area contributed by atoms with Gasteiger partial charge in [0, 0.05) is 11.7 Å². The van der Waals surface area contributed by atoms with Crippen molar-refractivity contribution in [3.63, 3.8) is 0 Å². The second-order valence-electron chi connectivity index (χ2n) is 5.48. The second kappa shape index (κ2) is 4.15. The van der Waals surface area contributed by atoms with Crippen molar-refractivity contribution in [3.8, 4) is 0 Å². The largest absolute Gasteiger partial charge is 0.328 e. The van der Waals surface area contributed by atoms with Crippen LogP contribution in [0.1, 0.15) is 38.3 Å². The highest BCUT2D eigenvalue weighted by Crippen LogP contribution is 2.37. The Kier molecular flexibility index (Phi) is 2.96. The number of anilines is 1. The summed E-state index contributed by atoms with van der Waals surface area (Å²) in [5, 5.41) is 2.92. The lowest BCUT2D eigenvalue weighted by Crippen LogP contribution is -2.26.